The fraction of sp³-hybridized carbons (Fsp3) is 0.318. The topological polar surface area (TPSA) is 57.4 Å². The number of piperidine rings is 1. The number of benzene rings is 2. The molecule has 0 saturated carbocycles. The highest BCUT2D eigenvalue weighted by molar-refractivity contribution is 5.92. The van der Waals surface area contributed by atoms with Gasteiger partial charge in [-0.2, -0.15) is 0 Å². The molecule has 0 atom stereocenters. The molecule has 6 heteroatoms. The monoisotopic (exact) mass is 381 g/mol. The number of hydrogen-bond donors (Lipinski definition) is 2. The quantitative estimate of drug-likeness (QED) is 0.699. The zero-order chi connectivity index (χ0) is 19.5. The van der Waals surface area contributed by atoms with Crippen molar-refractivity contribution in [1.29, 1.82) is 0 Å². The second kappa shape index (κ2) is 8.02. The van der Waals surface area contributed by atoms with E-state index in [0.717, 1.165) is 37.2 Å². The van der Waals surface area contributed by atoms with Crippen molar-refractivity contribution in [3.8, 4) is 5.75 Å². The predicted octanol–water partition coefficient (Wildman–Crippen LogP) is 4.13. The summed E-state index contributed by atoms with van der Waals surface area (Å²) < 4.78 is 18.6. The van der Waals surface area contributed by atoms with Crippen molar-refractivity contribution in [2.75, 3.05) is 32.1 Å². The molecule has 1 fully saturated rings. The summed E-state index contributed by atoms with van der Waals surface area (Å²) in [6.07, 6.45) is 4.09. The molecule has 0 radical (unpaired) electrons. The van der Waals surface area contributed by atoms with E-state index in [0.29, 0.717) is 18.2 Å². The van der Waals surface area contributed by atoms with Crippen LogP contribution in [0.1, 0.15) is 24.3 Å². The standard InChI is InChI=1S/C22H24FN3O2/c1-28-18-5-6-21-19(12-18)20(13-24-21)15-7-9-26(10-8-15)14-22(27)25-17-4-2-3-16(23)11-17/h2-6,11-13,15,24H,7-10,14H2,1H3,(H,25,27). The van der Waals surface area contributed by atoms with Gasteiger partial charge in [0.1, 0.15) is 11.6 Å². The minimum absolute atomic E-state index is 0.110. The number of H-pyrrole nitrogens is 1. The average Bonchev–Trinajstić information content (AvgIpc) is 3.11. The molecule has 5 nitrogen and oxygen atoms in total. The van der Waals surface area contributed by atoms with Crippen molar-refractivity contribution in [1.82, 2.24) is 9.88 Å². The Bertz CT molecular complexity index is 977. The molecule has 1 aliphatic rings. The van der Waals surface area contributed by atoms with Crippen LogP contribution in [0.25, 0.3) is 10.9 Å². The Morgan fingerprint density at radius 3 is 2.82 bits per heavy atom. The van der Waals surface area contributed by atoms with Gasteiger partial charge >= 0.3 is 0 Å². The Kier molecular flexibility index (Phi) is 5.30. The summed E-state index contributed by atoms with van der Waals surface area (Å²) in [7, 11) is 1.68. The highest BCUT2D eigenvalue weighted by Crippen LogP contribution is 2.34. The highest BCUT2D eigenvalue weighted by atomic mass is 19.1. The Hall–Kier alpha value is -2.86. The van der Waals surface area contributed by atoms with E-state index < -0.39 is 0 Å². The van der Waals surface area contributed by atoms with Crippen LogP contribution in [-0.4, -0.2) is 42.5 Å². The van der Waals surface area contributed by atoms with E-state index in [9.17, 15) is 9.18 Å². The Morgan fingerprint density at radius 1 is 1.25 bits per heavy atom. The van der Waals surface area contributed by atoms with E-state index in [4.69, 9.17) is 4.74 Å². The van der Waals surface area contributed by atoms with Gasteiger partial charge in [0.2, 0.25) is 5.91 Å². The largest absolute Gasteiger partial charge is 0.497 e. The summed E-state index contributed by atoms with van der Waals surface area (Å²) in [4.78, 5) is 17.8. The highest BCUT2D eigenvalue weighted by Gasteiger charge is 2.24. The first-order valence-corrected chi connectivity index (χ1v) is 9.55. The van der Waals surface area contributed by atoms with Crippen LogP contribution >= 0.6 is 0 Å². The number of rotatable bonds is 5. The van der Waals surface area contributed by atoms with Crippen LogP contribution in [0, 0.1) is 5.82 Å². The number of ether oxygens (including phenoxy) is 1. The van der Waals surface area contributed by atoms with Gasteiger partial charge in [-0.05, 0) is 73.8 Å². The first kappa shape index (κ1) is 18.5. The van der Waals surface area contributed by atoms with Crippen LogP contribution in [0.2, 0.25) is 0 Å². The molecule has 0 unspecified atom stereocenters. The minimum atomic E-state index is -0.353. The molecule has 2 N–H and O–H groups in total. The van der Waals surface area contributed by atoms with Gasteiger partial charge in [0.25, 0.3) is 0 Å². The van der Waals surface area contributed by atoms with Crippen LogP contribution in [0.15, 0.2) is 48.7 Å². The van der Waals surface area contributed by atoms with Crippen molar-refractivity contribution in [3.63, 3.8) is 0 Å². The summed E-state index contributed by atoms with van der Waals surface area (Å²) in [6.45, 7) is 2.04. The first-order valence-electron chi connectivity index (χ1n) is 9.55. The number of aromatic amines is 1. The second-order valence-electron chi connectivity index (χ2n) is 7.26. The average molecular weight is 381 g/mol. The molecule has 0 aliphatic carbocycles. The fourth-order valence-electron chi connectivity index (χ4n) is 3.96. The normalized spacial score (nSPS) is 15.6. The minimum Gasteiger partial charge on any atom is -0.497 e. The number of nitrogens with zero attached hydrogens (tertiary/aromatic N) is 1. The molecule has 3 aromatic rings. The van der Waals surface area contributed by atoms with Gasteiger partial charge in [-0.25, -0.2) is 4.39 Å². The zero-order valence-corrected chi connectivity index (χ0v) is 15.9. The number of halogens is 1. The van der Waals surface area contributed by atoms with E-state index >= 15 is 0 Å². The number of carbonyl (C=O) groups is 1. The lowest BCUT2D eigenvalue weighted by Gasteiger charge is -2.31. The molecular formula is C22H24FN3O2. The van der Waals surface area contributed by atoms with Gasteiger partial charge in [-0.1, -0.05) is 6.07 Å². The van der Waals surface area contributed by atoms with Crippen LogP contribution in [-0.2, 0) is 4.79 Å². The van der Waals surface area contributed by atoms with Gasteiger partial charge < -0.3 is 15.0 Å². The van der Waals surface area contributed by atoms with Crippen LogP contribution in [0.5, 0.6) is 5.75 Å². The van der Waals surface area contributed by atoms with Gasteiger partial charge in [0, 0.05) is 22.8 Å². The number of anilines is 1. The number of aromatic nitrogens is 1. The van der Waals surface area contributed by atoms with Gasteiger partial charge in [0.15, 0.2) is 0 Å². The third-order valence-electron chi connectivity index (χ3n) is 5.42. The van der Waals surface area contributed by atoms with E-state index in [-0.39, 0.29) is 11.7 Å². The number of fused-ring (bicyclic) bond motifs is 1. The Balaban J connectivity index is 1.35. The third kappa shape index (κ3) is 4.02. The van der Waals surface area contributed by atoms with Crippen LogP contribution < -0.4 is 10.1 Å². The van der Waals surface area contributed by atoms with Gasteiger partial charge in [-0.15, -0.1) is 0 Å². The zero-order valence-electron chi connectivity index (χ0n) is 15.9. The molecule has 2 heterocycles. The van der Waals surface area contributed by atoms with Crippen LogP contribution in [0.4, 0.5) is 10.1 Å². The molecule has 2 aromatic carbocycles. The van der Waals surface area contributed by atoms with Crippen molar-refractivity contribution in [2.45, 2.75) is 18.8 Å². The molecule has 0 spiro atoms. The van der Waals surface area contributed by atoms with E-state index in [2.05, 4.69) is 27.5 Å². The summed E-state index contributed by atoms with van der Waals surface area (Å²) in [5.74, 6) is 0.859. The van der Waals surface area contributed by atoms with Crippen molar-refractivity contribution < 1.29 is 13.9 Å². The SMILES string of the molecule is COc1ccc2[nH]cc(C3CCN(CC(=O)Nc4cccc(F)c4)CC3)c2c1. The summed E-state index contributed by atoms with van der Waals surface area (Å²) >= 11 is 0. The van der Waals surface area contributed by atoms with E-state index in [1.54, 1.807) is 19.2 Å². The lowest BCUT2D eigenvalue weighted by atomic mass is 9.89. The molecule has 28 heavy (non-hydrogen) atoms. The maximum Gasteiger partial charge on any atom is 0.238 e. The maximum atomic E-state index is 13.2. The number of carbonyl (C=O) groups excluding carboxylic acids is 1. The Labute approximate surface area is 163 Å². The summed E-state index contributed by atoms with van der Waals surface area (Å²) in [5, 5.41) is 3.98. The molecule has 1 amide bonds. The molecule has 1 saturated heterocycles. The van der Waals surface area contributed by atoms with Crippen LogP contribution in [0.3, 0.4) is 0 Å². The Morgan fingerprint density at radius 2 is 2.07 bits per heavy atom. The maximum absolute atomic E-state index is 13.2. The summed E-state index contributed by atoms with van der Waals surface area (Å²) in [6, 6.07) is 12.1. The first-order chi connectivity index (χ1) is 13.6. The smallest absolute Gasteiger partial charge is 0.238 e. The molecule has 146 valence electrons. The van der Waals surface area contributed by atoms with Gasteiger partial charge in [0.05, 0.1) is 13.7 Å². The number of amides is 1. The molecular weight excluding hydrogens is 357 g/mol. The lowest BCUT2D eigenvalue weighted by molar-refractivity contribution is -0.117. The van der Waals surface area contributed by atoms with Crippen molar-refractivity contribution in [2.24, 2.45) is 0 Å². The number of hydrogen-bond acceptors (Lipinski definition) is 3. The summed E-state index contributed by atoms with van der Waals surface area (Å²) in [5.41, 5.74) is 2.93. The number of methoxy groups -OCH3 is 1. The lowest BCUT2D eigenvalue weighted by Crippen LogP contribution is -2.38. The molecule has 1 aromatic heterocycles. The van der Waals surface area contributed by atoms with Crippen molar-refractivity contribution in [3.05, 3.63) is 60.0 Å². The molecule has 0 bridgehead atoms. The number of nitrogens with one attached hydrogen (secondary N) is 2. The molecule has 4 rings (SSSR count). The fourth-order valence-corrected chi connectivity index (χ4v) is 3.96. The molecule has 1 aliphatic heterocycles. The number of likely N-dealkylation sites (tertiary alicyclic amines) is 1. The van der Waals surface area contributed by atoms with E-state index in [1.165, 1.54) is 23.1 Å². The third-order valence-corrected chi connectivity index (χ3v) is 5.42. The second-order valence-corrected chi connectivity index (χ2v) is 7.26. The van der Waals surface area contributed by atoms with Crippen molar-refractivity contribution >= 4 is 22.5 Å². The van der Waals surface area contributed by atoms with Gasteiger partial charge in [-0.3, -0.25) is 9.69 Å². The van der Waals surface area contributed by atoms with E-state index in [1.807, 2.05) is 12.1 Å². The predicted molar refractivity (Wildman–Crippen MR) is 108 cm³/mol.